The van der Waals surface area contributed by atoms with Gasteiger partial charge in [-0.2, -0.15) is 0 Å². The summed E-state index contributed by atoms with van der Waals surface area (Å²) in [5.74, 6) is -3.90. The van der Waals surface area contributed by atoms with Crippen molar-refractivity contribution in [2.24, 2.45) is 5.73 Å². The first-order valence-electron chi connectivity index (χ1n) is 7.00. The lowest BCUT2D eigenvalue weighted by molar-refractivity contribution is 0.438. The molecule has 2 rings (SSSR count). The van der Waals surface area contributed by atoms with Gasteiger partial charge in [0.15, 0.2) is 17.5 Å². The lowest BCUT2D eigenvalue weighted by Gasteiger charge is -2.18. The van der Waals surface area contributed by atoms with E-state index in [4.69, 9.17) is 5.73 Å². The van der Waals surface area contributed by atoms with Crippen molar-refractivity contribution < 1.29 is 13.2 Å². The SMILES string of the molecule is CCc1ccc(CC)c(C(N)c2ccc(F)c(F)c2F)c1. The Morgan fingerprint density at radius 1 is 0.905 bits per heavy atom. The van der Waals surface area contributed by atoms with E-state index in [2.05, 4.69) is 0 Å². The van der Waals surface area contributed by atoms with Crippen molar-refractivity contribution in [2.75, 3.05) is 0 Å². The molecule has 2 N–H and O–H groups in total. The second kappa shape index (κ2) is 6.31. The zero-order valence-corrected chi connectivity index (χ0v) is 12.1. The number of aryl methyl sites for hydroxylation is 2. The van der Waals surface area contributed by atoms with Crippen molar-refractivity contribution in [1.82, 2.24) is 0 Å². The number of hydrogen-bond acceptors (Lipinski definition) is 1. The van der Waals surface area contributed by atoms with Gasteiger partial charge in [-0.3, -0.25) is 0 Å². The van der Waals surface area contributed by atoms with Gasteiger partial charge in [0, 0.05) is 5.56 Å². The summed E-state index contributed by atoms with van der Waals surface area (Å²) in [5.41, 5.74) is 8.87. The van der Waals surface area contributed by atoms with Crippen LogP contribution >= 0.6 is 0 Å². The van der Waals surface area contributed by atoms with Crippen molar-refractivity contribution in [3.05, 3.63) is 70.0 Å². The molecule has 0 radical (unpaired) electrons. The molecule has 0 fully saturated rings. The summed E-state index contributed by atoms with van der Waals surface area (Å²) in [4.78, 5) is 0. The molecule has 0 aliphatic carbocycles. The highest BCUT2D eigenvalue weighted by molar-refractivity contribution is 5.40. The molecule has 0 aliphatic heterocycles. The van der Waals surface area contributed by atoms with E-state index < -0.39 is 23.5 Å². The van der Waals surface area contributed by atoms with E-state index in [0.717, 1.165) is 35.6 Å². The average Bonchev–Trinajstić information content (AvgIpc) is 2.51. The van der Waals surface area contributed by atoms with E-state index in [1.54, 1.807) is 0 Å². The van der Waals surface area contributed by atoms with Crippen molar-refractivity contribution in [1.29, 1.82) is 0 Å². The number of halogens is 3. The Morgan fingerprint density at radius 3 is 2.24 bits per heavy atom. The summed E-state index contributed by atoms with van der Waals surface area (Å²) in [5, 5.41) is 0. The van der Waals surface area contributed by atoms with Crippen LogP contribution in [0.5, 0.6) is 0 Å². The topological polar surface area (TPSA) is 26.0 Å². The summed E-state index contributed by atoms with van der Waals surface area (Å²) < 4.78 is 40.3. The van der Waals surface area contributed by atoms with Gasteiger partial charge in [0.05, 0.1) is 6.04 Å². The van der Waals surface area contributed by atoms with Crippen LogP contribution in [0.25, 0.3) is 0 Å². The van der Waals surface area contributed by atoms with Gasteiger partial charge in [0.1, 0.15) is 0 Å². The smallest absolute Gasteiger partial charge is 0.194 e. The van der Waals surface area contributed by atoms with Crippen LogP contribution in [0.1, 0.15) is 42.1 Å². The minimum Gasteiger partial charge on any atom is -0.320 e. The highest BCUT2D eigenvalue weighted by Gasteiger charge is 2.21. The van der Waals surface area contributed by atoms with Crippen LogP contribution in [0, 0.1) is 17.5 Å². The van der Waals surface area contributed by atoms with Crippen LogP contribution in [-0.4, -0.2) is 0 Å². The third kappa shape index (κ3) is 2.95. The van der Waals surface area contributed by atoms with Gasteiger partial charge < -0.3 is 5.73 Å². The van der Waals surface area contributed by atoms with E-state index in [9.17, 15) is 13.2 Å². The predicted molar refractivity (Wildman–Crippen MR) is 77.5 cm³/mol. The van der Waals surface area contributed by atoms with Crippen LogP contribution in [0.4, 0.5) is 13.2 Å². The third-order valence-electron chi connectivity index (χ3n) is 3.73. The van der Waals surface area contributed by atoms with Crippen molar-refractivity contribution >= 4 is 0 Å². The van der Waals surface area contributed by atoms with Crippen LogP contribution in [0.15, 0.2) is 30.3 Å². The van der Waals surface area contributed by atoms with E-state index in [-0.39, 0.29) is 5.56 Å². The molecule has 112 valence electrons. The largest absolute Gasteiger partial charge is 0.320 e. The van der Waals surface area contributed by atoms with Crippen molar-refractivity contribution in [3.8, 4) is 0 Å². The van der Waals surface area contributed by atoms with E-state index in [1.807, 2.05) is 32.0 Å². The Kier molecular flexibility index (Phi) is 4.68. The monoisotopic (exact) mass is 293 g/mol. The molecular formula is C17H18F3N. The normalized spacial score (nSPS) is 12.5. The molecule has 0 aliphatic rings. The molecule has 0 saturated heterocycles. The fraction of sp³-hybridized carbons (Fsp3) is 0.294. The van der Waals surface area contributed by atoms with Gasteiger partial charge in [0.2, 0.25) is 0 Å². The zero-order valence-electron chi connectivity index (χ0n) is 12.1. The fourth-order valence-corrected chi connectivity index (χ4v) is 2.42. The summed E-state index contributed by atoms with van der Waals surface area (Å²) in [6.07, 6.45) is 1.56. The number of hydrogen-bond donors (Lipinski definition) is 1. The Bertz CT molecular complexity index is 653. The van der Waals surface area contributed by atoms with Crippen LogP contribution in [0.2, 0.25) is 0 Å². The van der Waals surface area contributed by atoms with Gasteiger partial charge in [-0.25, -0.2) is 13.2 Å². The maximum atomic E-state index is 13.9. The molecule has 0 saturated carbocycles. The van der Waals surface area contributed by atoms with Gasteiger partial charge in [-0.05, 0) is 35.6 Å². The second-order valence-corrected chi connectivity index (χ2v) is 4.98. The Balaban J connectivity index is 2.54. The van der Waals surface area contributed by atoms with Gasteiger partial charge >= 0.3 is 0 Å². The number of nitrogens with two attached hydrogens (primary N) is 1. The van der Waals surface area contributed by atoms with Crippen molar-refractivity contribution in [3.63, 3.8) is 0 Å². The Labute approximate surface area is 122 Å². The first-order chi connectivity index (χ1) is 9.99. The molecule has 1 unspecified atom stereocenters. The second-order valence-electron chi connectivity index (χ2n) is 4.98. The van der Waals surface area contributed by atoms with Crippen LogP contribution < -0.4 is 5.73 Å². The summed E-state index contributed by atoms with van der Waals surface area (Å²) in [6, 6.07) is 7.15. The molecule has 0 bridgehead atoms. The molecule has 1 nitrogen and oxygen atoms in total. The molecule has 0 amide bonds. The van der Waals surface area contributed by atoms with Gasteiger partial charge in [-0.1, -0.05) is 38.1 Å². The first kappa shape index (κ1) is 15.6. The first-order valence-corrected chi connectivity index (χ1v) is 7.00. The summed E-state index contributed by atoms with van der Waals surface area (Å²) in [6.45, 7) is 3.98. The molecule has 0 aromatic heterocycles. The van der Waals surface area contributed by atoms with Crippen LogP contribution in [-0.2, 0) is 12.8 Å². The van der Waals surface area contributed by atoms with Gasteiger partial charge in [0.25, 0.3) is 0 Å². The Hall–Kier alpha value is -1.81. The third-order valence-corrected chi connectivity index (χ3v) is 3.73. The average molecular weight is 293 g/mol. The standard InChI is InChI=1S/C17H18F3N/c1-3-10-5-6-11(4-2)13(9-10)17(21)12-7-8-14(18)16(20)15(12)19/h5-9,17H,3-4,21H2,1-2H3. The minimum absolute atomic E-state index is 0.0307. The molecular weight excluding hydrogens is 275 g/mol. The molecule has 0 spiro atoms. The lowest BCUT2D eigenvalue weighted by atomic mass is 9.91. The minimum atomic E-state index is -1.48. The highest BCUT2D eigenvalue weighted by Crippen LogP contribution is 2.28. The van der Waals surface area contributed by atoms with Crippen LogP contribution in [0.3, 0.4) is 0 Å². The van der Waals surface area contributed by atoms with Gasteiger partial charge in [-0.15, -0.1) is 0 Å². The summed E-state index contributed by atoms with van der Waals surface area (Å²) >= 11 is 0. The van der Waals surface area contributed by atoms with E-state index in [0.29, 0.717) is 0 Å². The number of benzene rings is 2. The maximum absolute atomic E-state index is 13.9. The van der Waals surface area contributed by atoms with E-state index >= 15 is 0 Å². The molecule has 4 heteroatoms. The van der Waals surface area contributed by atoms with E-state index in [1.165, 1.54) is 6.07 Å². The molecule has 2 aromatic carbocycles. The highest BCUT2D eigenvalue weighted by atomic mass is 19.2. The summed E-state index contributed by atoms with van der Waals surface area (Å²) in [7, 11) is 0. The Morgan fingerprint density at radius 2 is 1.62 bits per heavy atom. The maximum Gasteiger partial charge on any atom is 0.194 e. The van der Waals surface area contributed by atoms with Crippen molar-refractivity contribution in [2.45, 2.75) is 32.7 Å². The molecule has 1 atom stereocenters. The molecule has 2 aromatic rings. The fourth-order valence-electron chi connectivity index (χ4n) is 2.42. The number of rotatable bonds is 4. The quantitative estimate of drug-likeness (QED) is 0.837. The zero-order chi connectivity index (χ0) is 15.6. The predicted octanol–water partition coefficient (Wildman–Crippen LogP) is 4.28. The molecule has 0 heterocycles. The lowest BCUT2D eigenvalue weighted by Crippen LogP contribution is -2.17. The molecule has 21 heavy (non-hydrogen) atoms.